The Hall–Kier alpha value is -1.93. The van der Waals surface area contributed by atoms with Crippen LogP contribution in [0.2, 0.25) is 0 Å². The smallest absolute Gasteiger partial charge is 0.383 e. The molecule has 0 spiro atoms. The number of amides is 1. The number of halogens is 3. The molecule has 4 nitrogen and oxygen atoms in total. The number of ether oxygens (including phenoxy) is 1. The molecule has 0 bridgehead atoms. The zero-order valence-electron chi connectivity index (χ0n) is 13.5. The molecule has 1 fully saturated rings. The Morgan fingerprint density at radius 1 is 1.32 bits per heavy atom. The Morgan fingerprint density at radius 3 is 2.84 bits per heavy atom. The summed E-state index contributed by atoms with van der Waals surface area (Å²) in [5.74, 6) is 0.433. The Bertz CT molecular complexity index is 760. The molecule has 0 unspecified atom stereocenters. The molecule has 1 aromatic carbocycles. The fraction of sp³-hybridized carbons (Fsp3) is 0.353. The van der Waals surface area contributed by atoms with Crippen LogP contribution in [-0.2, 0) is 15.7 Å². The van der Waals surface area contributed by atoms with E-state index in [2.05, 4.69) is 0 Å². The molecule has 1 atom stereocenters. The van der Waals surface area contributed by atoms with Gasteiger partial charge >= 0.3 is 6.18 Å². The van der Waals surface area contributed by atoms with Gasteiger partial charge in [-0.1, -0.05) is 6.07 Å². The van der Waals surface area contributed by atoms with Crippen LogP contribution in [0.25, 0.3) is 5.69 Å². The van der Waals surface area contributed by atoms with Gasteiger partial charge in [0.25, 0.3) is 0 Å². The van der Waals surface area contributed by atoms with Crippen LogP contribution in [0.1, 0.15) is 16.5 Å². The fourth-order valence-corrected chi connectivity index (χ4v) is 3.93. The predicted octanol–water partition coefficient (Wildman–Crippen LogP) is 3.72. The van der Waals surface area contributed by atoms with E-state index in [-0.39, 0.29) is 11.3 Å². The molecule has 3 rings (SSSR count). The standard InChI is InChI=1S/C17H17F3N2O2S/c1-24-8-7-22-15(23)11-25-16(22)12-5-6-21(10-12)14-4-2-3-13(9-14)17(18,19)20/h2-6,9-10,16H,7-8,11H2,1H3/t16-/m0/s1. The highest BCUT2D eigenvalue weighted by molar-refractivity contribution is 8.00. The monoisotopic (exact) mass is 370 g/mol. The summed E-state index contributed by atoms with van der Waals surface area (Å²) in [4.78, 5) is 13.7. The first kappa shape index (κ1) is 17.9. The summed E-state index contributed by atoms with van der Waals surface area (Å²) < 4.78 is 45.3. The summed E-state index contributed by atoms with van der Waals surface area (Å²) >= 11 is 1.51. The number of aromatic nitrogens is 1. The van der Waals surface area contributed by atoms with Crippen molar-refractivity contribution in [2.45, 2.75) is 11.6 Å². The molecular formula is C17H17F3N2O2S. The van der Waals surface area contributed by atoms with Crippen LogP contribution in [-0.4, -0.2) is 41.4 Å². The van der Waals surface area contributed by atoms with E-state index in [1.54, 1.807) is 35.0 Å². The topological polar surface area (TPSA) is 34.5 Å². The quantitative estimate of drug-likeness (QED) is 0.805. The van der Waals surface area contributed by atoms with Gasteiger partial charge in [-0.05, 0) is 24.3 Å². The van der Waals surface area contributed by atoms with Gasteiger partial charge in [-0.3, -0.25) is 4.79 Å². The van der Waals surface area contributed by atoms with E-state index in [0.717, 1.165) is 17.7 Å². The van der Waals surface area contributed by atoms with E-state index in [1.165, 1.54) is 17.8 Å². The first-order valence-corrected chi connectivity index (χ1v) is 8.70. The third-order valence-electron chi connectivity index (χ3n) is 3.98. The van der Waals surface area contributed by atoms with Crippen molar-refractivity contribution in [3.8, 4) is 5.69 Å². The van der Waals surface area contributed by atoms with E-state index in [4.69, 9.17) is 4.74 Å². The summed E-state index contributed by atoms with van der Waals surface area (Å²) in [6.45, 7) is 0.929. The molecule has 1 amide bonds. The minimum atomic E-state index is -4.38. The Morgan fingerprint density at radius 2 is 2.12 bits per heavy atom. The molecule has 1 aliphatic rings. The van der Waals surface area contributed by atoms with Crippen molar-refractivity contribution in [1.29, 1.82) is 0 Å². The number of carbonyl (C=O) groups is 1. The first-order valence-electron chi connectivity index (χ1n) is 7.65. The Labute approximate surface area is 147 Å². The number of alkyl halides is 3. The molecule has 1 aliphatic heterocycles. The van der Waals surface area contributed by atoms with Gasteiger partial charge in [0, 0.05) is 37.3 Å². The average Bonchev–Trinajstić information content (AvgIpc) is 3.19. The van der Waals surface area contributed by atoms with Crippen molar-refractivity contribution in [3.63, 3.8) is 0 Å². The zero-order chi connectivity index (χ0) is 18.0. The van der Waals surface area contributed by atoms with E-state index in [0.29, 0.717) is 24.6 Å². The third kappa shape index (κ3) is 3.85. The number of hydrogen-bond acceptors (Lipinski definition) is 3. The number of methoxy groups -OCH3 is 1. The summed E-state index contributed by atoms with van der Waals surface area (Å²) in [7, 11) is 1.58. The Kier molecular flexibility index (Phi) is 5.10. The molecule has 25 heavy (non-hydrogen) atoms. The van der Waals surface area contributed by atoms with Crippen molar-refractivity contribution >= 4 is 17.7 Å². The van der Waals surface area contributed by atoms with Gasteiger partial charge in [0.15, 0.2) is 0 Å². The summed E-state index contributed by atoms with van der Waals surface area (Å²) in [6.07, 6.45) is -0.898. The maximum Gasteiger partial charge on any atom is 0.416 e. The van der Waals surface area contributed by atoms with E-state index >= 15 is 0 Å². The van der Waals surface area contributed by atoms with Crippen LogP contribution in [0.4, 0.5) is 13.2 Å². The van der Waals surface area contributed by atoms with Crippen LogP contribution in [0, 0.1) is 0 Å². The minimum Gasteiger partial charge on any atom is -0.383 e. The first-order chi connectivity index (χ1) is 11.9. The molecule has 0 radical (unpaired) electrons. The summed E-state index contributed by atoms with van der Waals surface area (Å²) in [5.41, 5.74) is 0.621. The van der Waals surface area contributed by atoms with Crippen molar-refractivity contribution < 1.29 is 22.7 Å². The van der Waals surface area contributed by atoms with Crippen molar-refractivity contribution in [3.05, 3.63) is 53.9 Å². The highest BCUT2D eigenvalue weighted by atomic mass is 32.2. The van der Waals surface area contributed by atoms with Crippen molar-refractivity contribution in [1.82, 2.24) is 9.47 Å². The van der Waals surface area contributed by atoms with Gasteiger partial charge in [0.2, 0.25) is 5.91 Å². The number of thioether (sulfide) groups is 1. The minimum absolute atomic E-state index is 0.0406. The van der Waals surface area contributed by atoms with Gasteiger partial charge in [0.05, 0.1) is 17.9 Å². The van der Waals surface area contributed by atoms with Gasteiger partial charge in [-0.2, -0.15) is 13.2 Å². The van der Waals surface area contributed by atoms with Crippen molar-refractivity contribution in [2.75, 3.05) is 26.0 Å². The van der Waals surface area contributed by atoms with Gasteiger partial charge in [0.1, 0.15) is 5.37 Å². The van der Waals surface area contributed by atoms with Gasteiger partial charge in [-0.25, -0.2) is 0 Å². The number of nitrogens with zero attached hydrogens (tertiary/aromatic N) is 2. The maximum absolute atomic E-state index is 12.9. The number of carbonyl (C=O) groups excluding carboxylic acids is 1. The van der Waals surface area contributed by atoms with Crippen LogP contribution in [0.3, 0.4) is 0 Å². The van der Waals surface area contributed by atoms with Crippen molar-refractivity contribution in [2.24, 2.45) is 0 Å². The lowest BCUT2D eigenvalue weighted by molar-refractivity contribution is -0.137. The highest BCUT2D eigenvalue weighted by Gasteiger charge is 2.33. The number of rotatable bonds is 5. The molecule has 0 saturated carbocycles. The molecule has 2 heterocycles. The predicted molar refractivity (Wildman–Crippen MR) is 89.6 cm³/mol. The van der Waals surface area contributed by atoms with Crippen LogP contribution in [0.5, 0.6) is 0 Å². The second-order valence-electron chi connectivity index (χ2n) is 5.64. The van der Waals surface area contributed by atoms with E-state index in [9.17, 15) is 18.0 Å². The number of benzene rings is 1. The second kappa shape index (κ2) is 7.13. The molecule has 1 aromatic heterocycles. The lowest BCUT2D eigenvalue weighted by atomic mass is 10.2. The maximum atomic E-state index is 12.9. The summed E-state index contributed by atoms with van der Waals surface area (Å²) in [5, 5.41) is -0.144. The normalized spacial score (nSPS) is 18.2. The molecule has 8 heteroatoms. The highest BCUT2D eigenvalue weighted by Crippen LogP contribution is 2.39. The average molecular weight is 370 g/mol. The molecule has 2 aromatic rings. The van der Waals surface area contributed by atoms with Crippen LogP contribution in [0.15, 0.2) is 42.7 Å². The number of hydrogen-bond donors (Lipinski definition) is 0. The second-order valence-corrected chi connectivity index (χ2v) is 6.71. The molecular weight excluding hydrogens is 353 g/mol. The Balaban J connectivity index is 1.84. The molecule has 0 aliphatic carbocycles. The fourth-order valence-electron chi connectivity index (χ4n) is 2.72. The lowest BCUT2D eigenvalue weighted by Gasteiger charge is -2.22. The molecule has 134 valence electrons. The molecule has 1 saturated heterocycles. The SMILES string of the molecule is COCCN1C(=O)CS[C@H]1c1ccn(-c2cccc(C(F)(F)F)c2)c1. The molecule has 0 N–H and O–H groups in total. The summed E-state index contributed by atoms with van der Waals surface area (Å²) in [6, 6.07) is 6.99. The third-order valence-corrected chi connectivity index (χ3v) is 5.23. The zero-order valence-corrected chi connectivity index (χ0v) is 14.3. The van der Waals surface area contributed by atoms with Gasteiger partial charge in [-0.15, -0.1) is 11.8 Å². The van der Waals surface area contributed by atoms with Gasteiger partial charge < -0.3 is 14.2 Å². The van der Waals surface area contributed by atoms with Crippen LogP contribution < -0.4 is 0 Å². The lowest BCUT2D eigenvalue weighted by Crippen LogP contribution is -2.31. The van der Waals surface area contributed by atoms with E-state index < -0.39 is 11.7 Å². The van der Waals surface area contributed by atoms with Crippen LogP contribution >= 0.6 is 11.8 Å². The largest absolute Gasteiger partial charge is 0.416 e. The van der Waals surface area contributed by atoms with E-state index in [1.807, 2.05) is 6.07 Å².